The fourth-order valence-electron chi connectivity index (χ4n) is 1.49. The quantitative estimate of drug-likeness (QED) is 0.815. The van der Waals surface area contributed by atoms with E-state index in [2.05, 4.69) is 26.1 Å². The first-order chi connectivity index (χ1) is 9.19. The number of hydrogen-bond donors (Lipinski definition) is 2. The highest BCUT2D eigenvalue weighted by Crippen LogP contribution is 2.23. The third-order valence-electron chi connectivity index (χ3n) is 2.86. The maximum atomic E-state index is 12.0. The monoisotopic (exact) mass is 298 g/mol. The molecule has 4 nitrogen and oxygen atoms in total. The molecule has 0 radical (unpaired) electrons. The minimum atomic E-state index is -0.532. The molecule has 0 fully saturated rings. The van der Waals surface area contributed by atoms with Crippen molar-refractivity contribution < 1.29 is 9.53 Å². The van der Waals surface area contributed by atoms with Gasteiger partial charge in [0, 0.05) is 11.6 Å². The predicted octanol–water partition coefficient (Wildman–Crippen LogP) is 3.70. The summed E-state index contributed by atoms with van der Waals surface area (Å²) in [5.74, 6) is -0.229. The van der Waals surface area contributed by atoms with Crippen LogP contribution in [0.15, 0.2) is 18.2 Å². The first-order valence-electron chi connectivity index (χ1n) is 6.66. The first-order valence-corrected chi connectivity index (χ1v) is 7.04. The van der Waals surface area contributed by atoms with Crippen LogP contribution in [0, 0.1) is 5.41 Å². The van der Waals surface area contributed by atoms with Crippen molar-refractivity contribution in [1.82, 2.24) is 0 Å². The third kappa shape index (κ3) is 5.80. The van der Waals surface area contributed by atoms with Crippen molar-refractivity contribution in [2.24, 2.45) is 5.41 Å². The number of nitrogen functional groups attached to an aromatic ring is 1. The molecular weight excluding hydrogens is 276 g/mol. The molecule has 1 rings (SSSR count). The lowest BCUT2D eigenvalue weighted by atomic mass is 9.93. The van der Waals surface area contributed by atoms with Crippen LogP contribution in [0.25, 0.3) is 0 Å². The van der Waals surface area contributed by atoms with Crippen LogP contribution in [-0.4, -0.2) is 18.6 Å². The lowest BCUT2D eigenvalue weighted by Crippen LogP contribution is -2.29. The van der Waals surface area contributed by atoms with Crippen molar-refractivity contribution in [3.63, 3.8) is 0 Å². The summed E-state index contributed by atoms with van der Waals surface area (Å²) in [5.41, 5.74) is 6.95. The number of rotatable bonds is 5. The zero-order valence-corrected chi connectivity index (χ0v) is 13.3. The average molecular weight is 299 g/mol. The number of carbonyl (C=O) groups is 1. The number of ether oxygens (including phenoxy) is 1. The average Bonchev–Trinajstić information content (AvgIpc) is 2.32. The smallest absolute Gasteiger partial charge is 0.253 e. The van der Waals surface area contributed by atoms with Crippen LogP contribution in [0.3, 0.4) is 0 Å². The molecule has 1 unspecified atom stereocenters. The first kappa shape index (κ1) is 16.8. The second-order valence-electron chi connectivity index (χ2n) is 6.04. The van der Waals surface area contributed by atoms with Gasteiger partial charge in [-0.15, -0.1) is 0 Å². The van der Waals surface area contributed by atoms with Gasteiger partial charge in [-0.1, -0.05) is 32.4 Å². The van der Waals surface area contributed by atoms with Gasteiger partial charge in [0.25, 0.3) is 5.91 Å². The Kier molecular flexibility index (Phi) is 5.84. The standard InChI is InChI=1S/C15H23ClN2O2/c1-10(20-8-7-15(2,3)4)14(19)18-13-9-11(16)5-6-12(13)17/h5-6,9-10H,7-8,17H2,1-4H3,(H,18,19). The normalized spacial score (nSPS) is 13.1. The fourth-order valence-corrected chi connectivity index (χ4v) is 1.66. The summed E-state index contributed by atoms with van der Waals surface area (Å²) in [6.07, 6.45) is 0.361. The molecule has 0 aliphatic carbocycles. The van der Waals surface area contributed by atoms with Crippen molar-refractivity contribution in [2.45, 2.75) is 40.2 Å². The second-order valence-corrected chi connectivity index (χ2v) is 6.48. The van der Waals surface area contributed by atoms with Gasteiger partial charge in [0.1, 0.15) is 6.10 Å². The summed E-state index contributed by atoms with van der Waals surface area (Å²) >= 11 is 5.88. The minimum Gasteiger partial charge on any atom is -0.397 e. The van der Waals surface area contributed by atoms with Crippen LogP contribution in [0.4, 0.5) is 11.4 Å². The van der Waals surface area contributed by atoms with Gasteiger partial charge in [-0.2, -0.15) is 0 Å². The number of nitrogens with two attached hydrogens (primary N) is 1. The Morgan fingerprint density at radius 3 is 2.70 bits per heavy atom. The third-order valence-corrected chi connectivity index (χ3v) is 3.10. The summed E-state index contributed by atoms with van der Waals surface area (Å²) in [5, 5.41) is 3.25. The van der Waals surface area contributed by atoms with Gasteiger partial charge in [0.05, 0.1) is 11.4 Å². The number of hydrogen-bond acceptors (Lipinski definition) is 3. The van der Waals surface area contributed by atoms with E-state index in [1.54, 1.807) is 25.1 Å². The van der Waals surface area contributed by atoms with Gasteiger partial charge in [-0.25, -0.2) is 0 Å². The highest BCUT2D eigenvalue weighted by molar-refractivity contribution is 6.31. The van der Waals surface area contributed by atoms with E-state index in [9.17, 15) is 4.79 Å². The van der Waals surface area contributed by atoms with Gasteiger partial charge in [0.15, 0.2) is 0 Å². The van der Waals surface area contributed by atoms with E-state index >= 15 is 0 Å². The molecule has 0 aliphatic heterocycles. The van der Waals surface area contributed by atoms with Crippen LogP contribution in [0.2, 0.25) is 5.02 Å². The number of benzene rings is 1. The second kappa shape index (κ2) is 6.95. The highest BCUT2D eigenvalue weighted by atomic mass is 35.5. The van der Waals surface area contributed by atoms with E-state index in [4.69, 9.17) is 22.1 Å². The van der Waals surface area contributed by atoms with Crippen molar-refractivity contribution in [3.8, 4) is 0 Å². The molecule has 0 aromatic heterocycles. The van der Waals surface area contributed by atoms with Crippen LogP contribution in [0.5, 0.6) is 0 Å². The molecule has 0 spiro atoms. The van der Waals surface area contributed by atoms with Crippen molar-refractivity contribution in [2.75, 3.05) is 17.7 Å². The molecule has 20 heavy (non-hydrogen) atoms. The SMILES string of the molecule is CC(OCCC(C)(C)C)C(=O)Nc1cc(Cl)ccc1N. The predicted molar refractivity (Wildman–Crippen MR) is 84.0 cm³/mol. The van der Waals surface area contributed by atoms with Crippen LogP contribution < -0.4 is 11.1 Å². The molecule has 3 N–H and O–H groups in total. The van der Waals surface area contributed by atoms with Crippen molar-refractivity contribution in [1.29, 1.82) is 0 Å². The number of halogens is 1. The summed E-state index contributed by atoms with van der Waals surface area (Å²) in [4.78, 5) is 12.0. The van der Waals surface area contributed by atoms with E-state index in [1.807, 2.05) is 0 Å². The van der Waals surface area contributed by atoms with E-state index in [0.717, 1.165) is 6.42 Å². The lowest BCUT2D eigenvalue weighted by Gasteiger charge is -2.20. The van der Waals surface area contributed by atoms with Gasteiger partial charge in [-0.05, 0) is 37.0 Å². The Bertz CT molecular complexity index is 469. The topological polar surface area (TPSA) is 64.3 Å². The summed E-state index contributed by atoms with van der Waals surface area (Å²) < 4.78 is 5.54. The molecule has 1 atom stereocenters. The van der Waals surface area contributed by atoms with E-state index < -0.39 is 6.10 Å². The fraction of sp³-hybridized carbons (Fsp3) is 0.533. The van der Waals surface area contributed by atoms with E-state index in [0.29, 0.717) is 23.0 Å². The molecule has 5 heteroatoms. The molecule has 0 saturated heterocycles. The Balaban J connectivity index is 2.51. The molecule has 0 bridgehead atoms. The lowest BCUT2D eigenvalue weighted by molar-refractivity contribution is -0.126. The Labute approximate surface area is 125 Å². The van der Waals surface area contributed by atoms with Crippen LogP contribution in [0.1, 0.15) is 34.1 Å². The van der Waals surface area contributed by atoms with Gasteiger partial charge in [-0.3, -0.25) is 4.79 Å². The highest BCUT2D eigenvalue weighted by Gasteiger charge is 2.17. The summed E-state index contributed by atoms with van der Waals surface area (Å²) in [6.45, 7) is 8.66. The minimum absolute atomic E-state index is 0.188. The number of anilines is 2. The summed E-state index contributed by atoms with van der Waals surface area (Å²) in [6, 6.07) is 4.95. The zero-order valence-electron chi connectivity index (χ0n) is 12.5. The Hall–Kier alpha value is -1.26. The zero-order chi connectivity index (χ0) is 15.3. The summed E-state index contributed by atoms with van der Waals surface area (Å²) in [7, 11) is 0. The van der Waals surface area contributed by atoms with Gasteiger partial charge < -0.3 is 15.8 Å². The molecule has 0 heterocycles. The molecular formula is C15H23ClN2O2. The van der Waals surface area contributed by atoms with Gasteiger partial charge >= 0.3 is 0 Å². The number of amides is 1. The van der Waals surface area contributed by atoms with Crippen molar-refractivity contribution in [3.05, 3.63) is 23.2 Å². The molecule has 1 aromatic rings. The molecule has 1 aromatic carbocycles. The Morgan fingerprint density at radius 1 is 1.45 bits per heavy atom. The maximum Gasteiger partial charge on any atom is 0.253 e. The molecule has 0 saturated carbocycles. The maximum absolute atomic E-state index is 12.0. The molecule has 1 amide bonds. The van der Waals surface area contributed by atoms with E-state index in [1.165, 1.54) is 0 Å². The van der Waals surface area contributed by atoms with Crippen molar-refractivity contribution >= 4 is 28.9 Å². The number of nitrogens with one attached hydrogen (secondary N) is 1. The largest absolute Gasteiger partial charge is 0.397 e. The Morgan fingerprint density at radius 2 is 2.10 bits per heavy atom. The van der Waals surface area contributed by atoms with Gasteiger partial charge in [0.2, 0.25) is 0 Å². The molecule has 112 valence electrons. The molecule has 0 aliphatic rings. The van der Waals surface area contributed by atoms with Crippen LogP contribution in [-0.2, 0) is 9.53 Å². The number of carbonyl (C=O) groups excluding carboxylic acids is 1. The van der Waals surface area contributed by atoms with E-state index in [-0.39, 0.29) is 11.3 Å². The van der Waals surface area contributed by atoms with Crippen LogP contribution >= 0.6 is 11.6 Å².